The lowest BCUT2D eigenvalue weighted by Gasteiger charge is -2.53. The maximum Gasteiger partial charge on any atom is 0.333 e. The Labute approximate surface area is 187 Å². The summed E-state index contributed by atoms with van der Waals surface area (Å²) in [5.41, 5.74) is 0.156. The van der Waals surface area contributed by atoms with Crippen molar-refractivity contribution < 1.29 is 14.3 Å². The predicted octanol–water partition coefficient (Wildman–Crippen LogP) is 4.75. The molecule has 0 aromatic carbocycles. The molecular formula is C26H40N2O3. The largest absolute Gasteiger partial charge is 0.459 e. The molecule has 2 aliphatic heterocycles. The van der Waals surface area contributed by atoms with E-state index in [1.165, 1.54) is 32.1 Å². The van der Waals surface area contributed by atoms with Crippen LogP contribution in [0.3, 0.4) is 0 Å². The van der Waals surface area contributed by atoms with E-state index in [0.717, 1.165) is 25.7 Å². The topological polar surface area (TPSA) is 51.1 Å². The summed E-state index contributed by atoms with van der Waals surface area (Å²) in [6.45, 7) is 10.3. The highest BCUT2D eigenvalue weighted by Crippen LogP contribution is 2.58. The summed E-state index contributed by atoms with van der Waals surface area (Å²) in [4.78, 5) is 19.9. The molecule has 5 heteroatoms. The molecule has 0 N–H and O–H groups in total. The molecule has 1 saturated heterocycles. The highest BCUT2D eigenvalue weighted by molar-refractivity contribution is 5.87. The van der Waals surface area contributed by atoms with Crippen molar-refractivity contribution in [3.8, 4) is 0 Å². The third kappa shape index (κ3) is 3.25. The second-order valence-electron chi connectivity index (χ2n) is 11.5. The number of likely N-dealkylation sites (tertiary alicyclic amines) is 1. The van der Waals surface area contributed by atoms with Crippen molar-refractivity contribution in [2.24, 2.45) is 28.2 Å². The Balaban J connectivity index is 1.38. The summed E-state index contributed by atoms with van der Waals surface area (Å²) in [5, 5.41) is 0. The number of aliphatic imine (C=N–C) groups is 1. The molecular weight excluding hydrogens is 388 g/mol. The van der Waals surface area contributed by atoms with Gasteiger partial charge in [-0.05, 0) is 76.7 Å². The van der Waals surface area contributed by atoms with Crippen LogP contribution in [0.4, 0.5) is 0 Å². The van der Waals surface area contributed by atoms with Crippen LogP contribution in [0.15, 0.2) is 17.1 Å². The Bertz CT molecular complexity index is 777. The van der Waals surface area contributed by atoms with Crippen LogP contribution in [-0.2, 0) is 14.3 Å². The molecule has 0 aromatic heterocycles. The first-order chi connectivity index (χ1) is 14.7. The van der Waals surface area contributed by atoms with E-state index in [2.05, 4.69) is 38.6 Å². The van der Waals surface area contributed by atoms with Crippen LogP contribution in [0.2, 0.25) is 0 Å². The average Bonchev–Trinajstić information content (AvgIpc) is 2.92. The Kier molecular flexibility index (Phi) is 5.37. The van der Waals surface area contributed by atoms with Gasteiger partial charge in [0.2, 0.25) is 0 Å². The van der Waals surface area contributed by atoms with Gasteiger partial charge in [-0.25, -0.2) is 4.79 Å². The Morgan fingerprint density at radius 3 is 2.65 bits per heavy atom. The van der Waals surface area contributed by atoms with Gasteiger partial charge in [-0.2, -0.15) is 0 Å². The molecule has 5 nitrogen and oxygen atoms in total. The Morgan fingerprint density at radius 1 is 1.16 bits per heavy atom. The van der Waals surface area contributed by atoms with Gasteiger partial charge >= 0.3 is 5.97 Å². The lowest BCUT2D eigenvalue weighted by molar-refractivity contribution is -0.196. The number of esters is 1. The first kappa shape index (κ1) is 21.6. The summed E-state index contributed by atoms with van der Waals surface area (Å²) in [6, 6.07) is 0.797. The molecule has 0 radical (unpaired) electrons. The molecule has 0 bridgehead atoms. The van der Waals surface area contributed by atoms with E-state index in [1.54, 1.807) is 6.92 Å². The number of nitrogens with zero attached hydrogens (tertiary/aromatic N) is 2. The first-order valence-electron chi connectivity index (χ1n) is 12.6. The van der Waals surface area contributed by atoms with Crippen molar-refractivity contribution >= 4 is 12.2 Å². The molecule has 3 aliphatic carbocycles. The van der Waals surface area contributed by atoms with Gasteiger partial charge in [0.15, 0.2) is 5.72 Å². The summed E-state index contributed by atoms with van der Waals surface area (Å²) >= 11 is 0. The minimum Gasteiger partial charge on any atom is -0.459 e. The zero-order chi connectivity index (χ0) is 22.0. The van der Waals surface area contributed by atoms with Gasteiger partial charge < -0.3 is 9.47 Å². The van der Waals surface area contributed by atoms with E-state index in [0.29, 0.717) is 29.4 Å². The summed E-state index contributed by atoms with van der Waals surface area (Å²) < 4.78 is 12.9. The van der Waals surface area contributed by atoms with Crippen LogP contribution in [0.1, 0.15) is 78.6 Å². The fraction of sp³-hybridized carbons (Fsp3) is 0.846. The van der Waals surface area contributed by atoms with Crippen molar-refractivity contribution in [2.45, 2.75) is 109 Å². The molecule has 5 aliphatic rings. The highest BCUT2D eigenvalue weighted by atomic mass is 16.5. The van der Waals surface area contributed by atoms with Crippen LogP contribution in [0.5, 0.6) is 0 Å². The molecule has 8 atom stereocenters. The van der Waals surface area contributed by atoms with Gasteiger partial charge in [0.25, 0.3) is 0 Å². The third-order valence-corrected chi connectivity index (χ3v) is 9.62. The summed E-state index contributed by atoms with van der Waals surface area (Å²) in [6.07, 6.45) is 12.9. The number of carbonyl (C=O) groups excluding carboxylic acids is 1. The monoisotopic (exact) mass is 428 g/mol. The standard InChI is InChI=1S/C26H40N2O3/c1-16(2)24(29)30-18-12-10-17-11-13-22-23(19(17)14-18)27-15-26(31-22)25(3,4)20-8-6-7-9-21(20)28(26)5/h15,17-23H,1,6-14H2,2-5H3. The maximum atomic E-state index is 12.1. The summed E-state index contributed by atoms with van der Waals surface area (Å²) in [7, 11) is 2.27. The number of ether oxygens (including phenoxy) is 2. The second kappa shape index (κ2) is 7.69. The molecule has 8 unspecified atom stereocenters. The second-order valence-corrected chi connectivity index (χ2v) is 11.5. The van der Waals surface area contributed by atoms with Gasteiger partial charge in [0, 0.05) is 23.2 Å². The number of carbonyl (C=O) groups is 1. The van der Waals surface area contributed by atoms with Gasteiger partial charge in [0.1, 0.15) is 6.10 Å². The fourth-order valence-electron chi connectivity index (χ4n) is 7.85. The fourth-order valence-corrected chi connectivity index (χ4v) is 7.85. The van der Waals surface area contributed by atoms with Crippen LogP contribution < -0.4 is 0 Å². The molecule has 5 rings (SSSR count). The van der Waals surface area contributed by atoms with E-state index >= 15 is 0 Å². The third-order valence-electron chi connectivity index (χ3n) is 9.62. The number of fused-ring (bicyclic) bond motifs is 4. The quantitative estimate of drug-likeness (QED) is 0.470. The first-order valence-corrected chi connectivity index (χ1v) is 12.6. The van der Waals surface area contributed by atoms with E-state index in [9.17, 15) is 4.79 Å². The summed E-state index contributed by atoms with van der Waals surface area (Å²) in [5.74, 6) is 1.54. The van der Waals surface area contributed by atoms with E-state index in [1.807, 2.05) is 0 Å². The van der Waals surface area contributed by atoms with Gasteiger partial charge in [-0.15, -0.1) is 0 Å². The van der Waals surface area contributed by atoms with E-state index < -0.39 is 0 Å². The van der Waals surface area contributed by atoms with Gasteiger partial charge in [-0.3, -0.25) is 9.89 Å². The Hall–Kier alpha value is -1.20. The van der Waals surface area contributed by atoms with E-state index in [-0.39, 0.29) is 35.4 Å². The van der Waals surface area contributed by atoms with Crippen LogP contribution in [-0.4, -0.2) is 54.1 Å². The predicted molar refractivity (Wildman–Crippen MR) is 122 cm³/mol. The van der Waals surface area contributed by atoms with Gasteiger partial charge in [0.05, 0.1) is 12.1 Å². The molecule has 0 amide bonds. The Morgan fingerprint density at radius 2 is 1.90 bits per heavy atom. The minimum absolute atomic E-state index is 0.0104. The normalized spacial score (nSPS) is 46.1. The van der Waals surface area contributed by atoms with Crippen molar-refractivity contribution in [1.82, 2.24) is 4.90 Å². The molecule has 4 fully saturated rings. The lowest BCUT2D eigenvalue weighted by Crippen LogP contribution is -2.62. The van der Waals surface area contributed by atoms with Crippen molar-refractivity contribution in [1.29, 1.82) is 0 Å². The number of hydrogen-bond acceptors (Lipinski definition) is 5. The highest BCUT2D eigenvalue weighted by Gasteiger charge is 2.65. The average molecular weight is 429 g/mol. The van der Waals surface area contributed by atoms with E-state index in [4.69, 9.17) is 14.5 Å². The number of hydrogen-bond donors (Lipinski definition) is 0. The molecule has 2 heterocycles. The van der Waals surface area contributed by atoms with Crippen LogP contribution in [0.25, 0.3) is 0 Å². The van der Waals surface area contributed by atoms with Crippen LogP contribution >= 0.6 is 0 Å². The van der Waals surface area contributed by atoms with Crippen molar-refractivity contribution in [2.75, 3.05) is 7.05 Å². The SMILES string of the molecule is C=C(C)C(=O)OC1CCC2CCC3OC4(C=NC3C2C1)N(C)C1CCCCC1C4(C)C. The minimum atomic E-state index is -0.388. The van der Waals surface area contributed by atoms with Gasteiger partial charge in [-0.1, -0.05) is 33.3 Å². The van der Waals surface area contributed by atoms with Crippen LogP contribution in [0, 0.1) is 23.2 Å². The lowest BCUT2D eigenvalue weighted by atomic mass is 9.65. The smallest absolute Gasteiger partial charge is 0.333 e. The van der Waals surface area contributed by atoms with Crippen molar-refractivity contribution in [3.05, 3.63) is 12.2 Å². The number of rotatable bonds is 2. The van der Waals surface area contributed by atoms with Crippen molar-refractivity contribution in [3.63, 3.8) is 0 Å². The molecule has 0 aromatic rings. The zero-order valence-electron chi connectivity index (χ0n) is 19.8. The molecule has 31 heavy (non-hydrogen) atoms. The zero-order valence-corrected chi connectivity index (χ0v) is 19.8. The maximum absolute atomic E-state index is 12.1. The molecule has 3 saturated carbocycles. The molecule has 1 spiro atoms. The molecule has 172 valence electrons.